The van der Waals surface area contributed by atoms with Crippen molar-refractivity contribution in [1.82, 2.24) is 9.97 Å². The summed E-state index contributed by atoms with van der Waals surface area (Å²) in [6.45, 7) is 6.38. The number of nitrogens with zero attached hydrogens (tertiary/aromatic N) is 1. The molecule has 118 valence electrons. The van der Waals surface area contributed by atoms with Gasteiger partial charge in [-0.2, -0.15) is 0 Å². The van der Waals surface area contributed by atoms with Crippen molar-refractivity contribution < 1.29 is 9.47 Å². The molecule has 1 N–H and O–H groups in total. The number of methoxy groups -OCH3 is 1. The number of fused-ring (bicyclic) bond motifs is 1. The number of H-pyrrole nitrogens is 1. The third-order valence-corrected chi connectivity index (χ3v) is 3.67. The predicted molar refractivity (Wildman–Crippen MR) is 93.2 cm³/mol. The van der Waals surface area contributed by atoms with E-state index in [0.717, 1.165) is 33.7 Å². The van der Waals surface area contributed by atoms with Gasteiger partial charge >= 0.3 is 0 Å². The van der Waals surface area contributed by atoms with E-state index >= 15 is 0 Å². The molecule has 0 aliphatic rings. The molecule has 2 aromatic carbocycles. The molecule has 23 heavy (non-hydrogen) atoms. The first-order valence-corrected chi connectivity index (χ1v) is 7.66. The molecule has 1 heterocycles. The summed E-state index contributed by atoms with van der Waals surface area (Å²) in [5, 5.41) is 0. The van der Waals surface area contributed by atoms with Crippen molar-refractivity contribution in [2.45, 2.75) is 13.3 Å². The van der Waals surface area contributed by atoms with Crippen molar-refractivity contribution in [2.24, 2.45) is 0 Å². The van der Waals surface area contributed by atoms with E-state index in [-0.39, 0.29) is 0 Å². The molecule has 0 atom stereocenters. The highest BCUT2D eigenvalue weighted by Crippen LogP contribution is 2.36. The summed E-state index contributed by atoms with van der Waals surface area (Å²) in [7, 11) is 1.65. The third-order valence-electron chi connectivity index (χ3n) is 3.67. The Hall–Kier alpha value is -2.75. The standard InChI is InChI=1S/C19H20N2O2/c1-4-8-13-11-14(12-17(22-3)18(13)23-5-2)19-20-15-9-6-7-10-16(15)21-19/h4,6-7,9-12H,1,5,8H2,2-3H3,(H,20,21). The van der Waals surface area contributed by atoms with E-state index in [0.29, 0.717) is 18.8 Å². The first-order chi connectivity index (χ1) is 11.3. The number of hydrogen-bond acceptors (Lipinski definition) is 3. The lowest BCUT2D eigenvalue weighted by molar-refractivity contribution is 0.308. The molecule has 0 saturated carbocycles. The number of ether oxygens (including phenoxy) is 2. The topological polar surface area (TPSA) is 47.1 Å². The summed E-state index contributed by atoms with van der Waals surface area (Å²) in [5.74, 6) is 2.30. The van der Waals surface area contributed by atoms with Crippen LogP contribution >= 0.6 is 0 Å². The number of aromatic nitrogens is 2. The Morgan fingerprint density at radius 1 is 1.26 bits per heavy atom. The molecule has 0 unspecified atom stereocenters. The van der Waals surface area contributed by atoms with E-state index in [1.54, 1.807) is 7.11 Å². The molecule has 0 aliphatic heterocycles. The zero-order valence-electron chi connectivity index (χ0n) is 13.4. The summed E-state index contributed by atoms with van der Waals surface area (Å²) in [6.07, 6.45) is 2.57. The molecule has 4 heteroatoms. The minimum Gasteiger partial charge on any atom is -0.493 e. The highest BCUT2D eigenvalue weighted by Gasteiger charge is 2.15. The molecular formula is C19H20N2O2. The van der Waals surface area contributed by atoms with E-state index in [2.05, 4.69) is 22.6 Å². The van der Waals surface area contributed by atoms with Gasteiger partial charge in [0.1, 0.15) is 5.82 Å². The Morgan fingerprint density at radius 2 is 2.09 bits per heavy atom. The Balaban J connectivity index is 2.14. The van der Waals surface area contributed by atoms with Crippen LogP contribution in [0.1, 0.15) is 12.5 Å². The molecule has 0 amide bonds. The van der Waals surface area contributed by atoms with Crippen LogP contribution in [0.15, 0.2) is 49.1 Å². The number of hydrogen-bond donors (Lipinski definition) is 1. The van der Waals surface area contributed by atoms with E-state index in [1.165, 1.54) is 0 Å². The molecule has 4 nitrogen and oxygen atoms in total. The van der Waals surface area contributed by atoms with Crippen LogP contribution < -0.4 is 9.47 Å². The van der Waals surface area contributed by atoms with Crippen LogP contribution in [0.5, 0.6) is 11.5 Å². The van der Waals surface area contributed by atoms with Crippen LogP contribution in [-0.2, 0) is 6.42 Å². The normalized spacial score (nSPS) is 10.7. The van der Waals surface area contributed by atoms with Gasteiger partial charge in [0, 0.05) is 11.1 Å². The summed E-state index contributed by atoms with van der Waals surface area (Å²) >= 11 is 0. The number of allylic oxidation sites excluding steroid dienone is 1. The minimum atomic E-state index is 0.588. The number of aromatic amines is 1. The van der Waals surface area contributed by atoms with Crippen LogP contribution in [0, 0.1) is 0 Å². The Morgan fingerprint density at radius 3 is 2.78 bits per heavy atom. The Bertz CT molecular complexity index is 804. The molecule has 1 aromatic heterocycles. The van der Waals surface area contributed by atoms with Gasteiger partial charge in [-0.3, -0.25) is 0 Å². The van der Waals surface area contributed by atoms with Crippen LogP contribution in [0.25, 0.3) is 22.4 Å². The van der Waals surface area contributed by atoms with E-state index in [4.69, 9.17) is 9.47 Å². The first-order valence-electron chi connectivity index (χ1n) is 7.66. The van der Waals surface area contributed by atoms with Gasteiger partial charge in [0.15, 0.2) is 11.5 Å². The Kier molecular flexibility index (Phi) is 4.33. The van der Waals surface area contributed by atoms with E-state index in [1.807, 2.05) is 43.3 Å². The molecule has 3 rings (SSSR count). The highest BCUT2D eigenvalue weighted by molar-refractivity contribution is 5.80. The zero-order valence-corrected chi connectivity index (χ0v) is 13.4. The van der Waals surface area contributed by atoms with Crippen LogP contribution in [-0.4, -0.2) is 23.7 Å². The molecule has 3 aromatic rings. The predicted octanol–water partition coefficient (Wildman–Crippen LogP) is 4.37. The van der Waals surface area contributed by atoms with E-state index < -0.39 is 0 Å². The maximum absolute atomic E-state index is 5.76. The van der Waals surface area contributed by atoms with E-state index in [9.17, 15) is 0 Å². The van der Waals surface area contributed by atoms with Gasteiger partial charge in [-0.1, -0.05) is 18.2 Å². The second kappa shape index (κ2) is 6.57. The monoisotopic (exact) mass is 308 g/mol. The molecule has 0 radical (unpaired) electrons. The van der Waals surface area contributed by atoms with Gasteiger partial charge in [0.2, 0.25) is 0 Å². The lowest BCUT2D eigenvalue weighted by Gasteiger charge is -2.15. The number of benzene rings is 2. The van der Waals surface area contributed by atoms with Crippen molar-refractivity contribution in [2.75, 3.05) is 13.7 Å². The molecule has 0 bridgehead atoms. The zero-order chi connectivity index (χ0) is 16.2. The lowest BCUT2D eigenvalue weighted by Crippen LogP contribution is -2.00. The van der Waals surface area contributed by atoms with Crippen molar-refractivity contribution >= 4 is 11.0 Å². The van der Waals surface area contributed by atoms with Crippen molar-refractivity contribution in [3.63, 3.8) is 0 Å². The second-order valence-electron chi connectivity index (χ2n) is 5.20. The molecule has 0 aliphatic carbocycles. The first kappa shape index (κ1) is 15.2. The maximum Gasteiger partial charge on any atom is 0.164 e. The van der Waals surface area contributed by atoms with Crippen LogP contribution in [0.3, 0.4) is 0 Å². The van der Waals surface area contributed by atoms with Gasteiger partial charge < -0.3 is 14.5 Å². The van der Waals surface area contributed by atoms with Gasteiger partial charge in [-0.25, -0.2) is 4.98 Å². The van der Waals surface area contributed by atoms with Gasteiger partial charge in [-0.05, 0) is 37.6 Å². The molecule has 0 fully saturated rings. The lowest BCUT2D eigenvalue weighted by atomic mass is 10.1. The summed E-state index contributed by atoms with van der Waals surface area (Å²) < 4.78 is 11.3. The smallest absolute Gasteiger partial charge is 0.164 e. The SMILES string of the molecule is C=CCc1cc(-c2nc3ccccc3[nH]2)cc(OC)c1OCC. The second-order valence-corrected chi connectivity index (χ2v) is 5.20. The molecule has 0 spiro atoms. The number of nitrogens with one attached hydrogen (secondary N) is 1. The molecular weight excluding hydrogens is 288 g/mol. The Labute approximate surface area is 135 Å². The summed E-state index contributed by atoms with van der Waals surface area (Å²) in [6, 6.07) is 12.0. The highest BCUT2D eigenvalue weighted by atomic mass is 16.5. The number of para-hydroxylation sites is 2. The number of imidazole rings is 1. The van der Waals surface area contributed by atoms with Crippen LogP contribution in [0.4, 0.5) is 0 Å². The van der Waals surface area contributed by atoms with Crippen molar-refractivity contribution in [1.29, 1.82) is 0 Å². The maximum atomic E-state index is 5.76. The van der Waals surface area contributed by atoms with Gasteiger partial charge in [0.05, 0.1) is 24.8 Å². The summed E-state index contributed by atoms with van der Waals surface area (Å²) in [4.78, 5) is 8.01. The van der Waals surface area contributed by atoms with Gasteiger partial charge in [0.25, 0.3) is 0 Å². The fourth-order valence-electron chi connectivity index (χ4n) is 2.65. The largest absolute Gasteiger partial charge is 0.493 e. The van der Waals surface area contributed by atoms with Crippen LogP contribution in [0.2, 0.25) is 0 Å². The van der Waals surface area contributed by atoms with Crippen molar-refractivity contribution in [3.8, 4) is 22.9 Å². The van der Waals surface area contributed by atoms with Gasteiger partial charge in [-0.15, -0.1) is 6.58 Å². The van der Waals surface area contributed by atoms with Crippen molar-refractivity contribution in [3.05, 3.63) is 54.6 Å². The fraction of sp³-hybridized carbons (Fsp3) is 0.211. The average molecular weight is 308 g/mol. The minimum absolute atomic E-state index is 0.588. The summed E-state index contributed by atoms with van der Waals surface area (Å²) in [5.41, 5.74) is 3.97. The fourth-order valence-corrected chi connectivity index (χ4v) is 2.65. The molecule has 0 saturated heterocycles. The number of rotatable bonds is 6. The quantitative estimate of drug-likeness (QED) is 0.688. The average Bonchev–Trinajstić information content (AvgIpc) is 3.00. The third kappa shape index (κ3) is 2.93.